The number of rotatable bonds is 2. The van der Waals surface area contributed by atoms with Crippen molar-refractivity contribution in [2.75, 3.05) is 18.8 Å². The Morgan fingerprint density at radius 1 is 1.37 bits per heavy atom. The van der Waals surface area contributed by atoms with Gasteiger partial charge < -0.3 is 5.73 Å². The van der Waals surface area contributed by atoms with Crippen molar-refractivity contribution in [1.29, 1.82) is 0 Å². The second kappa shape index (κ2) is 5.47. The van der Waals surface area contributed by atoms with Crippen LogP contribution in [0, 0.1) is 0 Å². The number of fused-ring (bicyclic) bond motifs is 1. The highest BCUT2D eigenvalue weighted by Gasteiger charge is 2.42. The maximum atomic E-state index is 6.18. The Morgan fingerprint density at radius 2 is 2.16 bits per heavy atom. The molecule has 0 aromatic heterocycles. The highest BCUT2D eigenvalue weighted by molar-refractivity contribution is 8.00. The van der Waals surface area contributed by atoms with Crippen LogP contribution < -0.4 is 5.73 Å². The van der Waals surface area contributed by atoms with E-state index < -0.39 is 0 Å². The Balaban J connectivity index is 1.85. The van der Waals surface area contributed by atoms with Gasteiger partial charge in [0.2, 0.25) is 0 Å². The van der Waals surface area contributed by atoms with Crippen LogP contribution in [0.3, 0.4) is 0 Å². The molecule has 2 aliphatic rings. The molecule has 1 fully saturated rings. The molecule has 0 radical (unpaired) electrons. The summed E-state index contributed by atoms with van der Waals surface area (Å²) in [5.74, 6) is 1.20. The molecule has 2 N–H and O–H groups in total. The van der Waals surface area contributed by atoms with Crippen LogP contribution in [0.1, 0.15) is 30.9 Å². The van der Waals surface area contributed by atoms with Crippen LogP contribution in [0.2, 0.25) is 0 Å². The number of nitrogens with zero attached hydrogens (tertiary/aromatic N) is 1. The van der Waals surface area contributed by atoms with E-state index in [9.17, 15) is 0 Å². The Hall–Kier alpha value is -0.510. The minimum absolute atomic E-state index is 0.238. The van der Waals surface area contributed by atoms with E-state index in [4.69, 9.17) is 5.73 Å². The van der Waals surface area contributed by atoms with E-state index in [1.807, 2.05) is 0 Å². The summed E-state index contributed by atoms with van der Waals surface area (Å²) in [4.78, 5) is 2.68. The van der Waals surface area contributed by atoms with Gasteiger partial charge in [0.05, 0.1) is 0 Å². The van der Waals surface area contributed by atoms with E-state index in [0.29, 0.717) is 0 Å². The first kappa shape index (κ1) is 13.5. The smallest absolute Gasteiger partial charge is 0.0435 e. The predicted octanol–water partition coefficient (Wildman–Crippen LogP) is 2.66. The van der Waals surface area contributed by atoms with Crippen molar-refractivity contribution in [2.45, 2.75) is 43.5 Å². The first-order valence-corrected chi connectivity index (χ1v) is 8.42. The highest BCUT2D eigenvalue weighted by Crippen LogP contribution is 2.39. The minimum Gasteiger partial charge on any atom is -0.329 e. The van der Waals surface area contributed by atoms with Gasteiger partial charge in [-0.15, -0.1) is 0 Å². The van der Waals surface area contributed by atoms with Gasteiger partial charge in [-0.25, -0.2) is 0 Å². The molecular weight excluding hydrogens is 252 g/mol. The summed E-state index contributed by atoms with van der Waals surface area (Å²) in [6, 6.07) is 8.92. The van der Waals surface area contributed by atoms with Gasteiger partial charge in [-0.05, 0) is 36.9 Å². The van der Waals surface area contributed by atoms with Crippen LogP contribution in [-0.4, -0.2) is 34.5 Å². The lowest BCUT2D eigenvalue weighted by Crippen LogP contribution is -2.54. The number of hydrogen-bond acceptors (Lipinski definition) is 3. The van der Waals surface area contributed by atoms with Gasteiger partial charge in [0, 0.05) is 29.6 Å². The molecular formula is C16H24N2S. The Labute approximate surface area is 120 Å². The summed E-state index contributed by atoms with van der Waals surface area (Å²) in [6.07, 6.45) is 3.73. The Bertz CT molecular complexity index is 448. The topological polar surface area (TPSA) is 29.3 Å². The zero-order valence-electron chi connectivity index (χ0n) is 11.8. The molecule has 3 rings (SSSR count). The molecule has 3 heteroatoms. The largest absolute Gasteiger partial charge is 0.329 e. The van der Waals surface area contributed by atoms with Crippen molar-refractivity contribution < 1.29 is 0 Å². The second-order valence-corrected chi connectivity index (χ2v) is 7.47. The van der Waals surface area contributed by atoms with Crippen LogP contribution in [0.5, 0.6) is 0 Å². The molecule has 1 aromatic rings. The van der Waals surface area contributed by atoms with Crippen LogP contribution in [0.25, 0.3) is 0 Å². The quantitative estimate of drug-likeness (QED) is 0.900. The van der Waals surface area contributed by atoms with Crippen LogP contribution in [0.4, 0.5) is 0 Å². The molecule has 1 saturated heterocycles. The van der Waals surface area contributed by atoms with Gasteiger partial charge in [0.15, 0.2) is 0 Å². The van der Waals surface area contributed by atoms with Gasteiger partial charge in [-0.2, -0.15) is 11.8 Å². The average molecular weight is 276 g/mol. The SMILES string of the molecule is CC1CC(CN)(N2CCCc3ccccc3C2)CS1. The lowest BCUT2D eigenvalue weighted by molar-refractivity contribution is 0.106. The standard InChI is InChI=1S/C16H24N2S/c1-13-9-16(11-17,12-19-13)18-8-4-7-14-5-2-3-6-15(14)10-18/h2-3,5-6,13H,4,7-12,17H2,1H3. The normalized spacial score (nSPS) is 32.0. The minimum atomic E-state index is 0.238. The van der Waals surface area contributed by atoms with Gasteiger partial charge >= 0.3 is 0 Å². The van der Waals surface area contributed by atoms with E-state index in [-0.39, 0.29) is 5.54 Å². The predicted molar refractivity (Wildman–Crippen MR) is 83.5 cm³/mol. The molecule has 0 amide bonds. The average Bonchev–Trinajstić information content (AvgIpc) is 2.69. The van der Waals surface area contributed by atoms with E-state index in [0.717, 1.165) is 18.3 Å². The van der Waals surface area contributed by atoms with Crippen molar-refractivity contribution in [3.05, 3.63) is 35.4 Å². The van der Waals surface area contributed by atoms with Crippen molar-refractivity contribution in [1.82, 2.24) is 4.90 Å². The summed E-state index contributed by atoms with van der Waals surface area (Å²) in [5, 5.41) is 0.752. The van der Waals surface area contributed by atoms with Gasteiger partial charge in [0.25, 0.3) is 0 Å². The molecule has 1 aromatic carbocycles. The summed E-state index contributed by atoms with van der Waals surface area (Å²) in [5.41, 5.74) is 9.46. The van der Waals surface area contributed by atoms with Crippen LogP contribution in [-0.2, 0) is 13.0 Å². The second-order valence-electron chi connectivity index (χ2n) is 6.05. The fourth-order valence-corrected chi connectivity index (χ4v) is 4.99. The molecule has 19 heavy (non-hydrogen) atoms. The highest BCUT2D eigenvalue weighted by atomic mass is 32.2. The third-order valence-corrected chi connectivity index (χ3v) is 6.15. The van der Waals surface area contributed by atoms with E-state index in [2.05, 4.69) is 47.9 Å². The number of thioether (sulfide) groups is 1. The van der Waals surface area contributed by atoms with Crippen LogP contribution in [0.15, 0.2) is 24.3 Å². The molecule has 0 bridgehead atoms. The Morgan fingerprint density at radius 3 is 2.84 bits per heavy atom. The van der Waals surface area contributed by atoms with Crippen molar-refractivity contribution in [3.8, 4) is 0 Å². The number of aryl methyl sites for hydroxylation is 1. The molecule has 2 aliphatic heterocycles. The number of nitrogens with two attached hydrogens (primary N) is 1. The van der Waals surface area contributed by atoms with Crippen molar-refractivity contribution >= 4 is 11.8 Å². The molecule has 0 saturated carbocycles. The van der Waals surface area contributed by atoms with Gasteiger partial charge in [0.1, 0.15) is 0 Å². The first-order valence-electron chi connectivity index (χ1n) is 7.37. The lowest BCUT2D eigenvalue weighted by Gasteiger charge is -2.40. The third-order valence-electron chi connectivity index (χ3n) is 4.71. The summed E-state index contributed by atoms with van der Waals surface area (Å²) < 4.78 is 0. The monoisotopic (exact) mass is 276 g/mol. The van der Waals surface area contributed by atoms with Crippen molar-refractivity contribution in [3.63, 3.8) is 0 Å². The molecule has 0 aliphatic carbocycles. The maximum absolute atomic E-state index is 6.18. The Kier molecular flexibility index (Phi) is 3.88. The number of hydrogen-bond donors (Lipinski definition) is 1. The zero-order chi connectivity index (χ0) is 13.3. The third kappa shape index (κ3) is 2.56. The van der Waals surface area contributed by atoms with E-state index in [1.165, 1.54) is 42.7 Å². The van der Waals surface area contributed by atoms with Crippen LogP contribution >= 0.6 is 11.8 Å². The summed E-state index contributed by atoms with van der Waals surface area (Å²) >= 11 is 2.09. The van der Waals surface area contributed by atoms with E-state index >= 15 is 0 Å². The fraction of sp³-hybridized carbons (Fsp3) is 0.625. The molecule has 2 atom stereocenters. The maximum Gasteiger partial charge on any atom is 0.0435 e. The van der Waals surface area contributed by atoms with Crippen molar-refractivity contribution in [2.24, 2.45) is 5.73 Å². The van der Waals surface area contributed by atoms with Gasteiger partial charge in [-0.1, -0.05) is 31.2 Å². The lowest BCUT2D eigenvalue weighted by atomic mass is 9.93. The summed E-state index contributed by atoms with van der Waals surface area (Å²) in [6.45, 7) is 5.42. The number of benzene rings is 1. The first-order chi connectivity index (χ1) is 9.23. The molecule has 2 nitrogen and oxygen atoms in total. The molecule has 104 valence electrons. The fourth-order valence-electron chi connectivity index (χ4n) is 3.55. The van der Waals surface area contributed by atoms with E-state index in [1.54, 1.807) is 0 Å². The van der Waals surface area contributed by atoms with Gasteiger partial charge in [-0.3, -0.25) is 4.90 Å². The summed E-state index contributed by atoms with van der Waals surface area (Å²) in [7, 11) is 0. The zero-order valence-corrected chi connectivity index (χ0v) is 12.6. The molecule has 2 unspecified atom stereocenters. The molecule has 2 heterocycles. The molecule has 0 spiro atoms.